The van der Waals surface area contributed by atoms with Gasteiger partial charge in [-0.1, -0.05) is 0 Å². The molecule has 1 aromatic rings. The summed E-state index contributed by atoms with van der Waals surface area (Å²) in [5, 5.41) is 0. The Hall–Kier alpha value is -2.05. The van der Waals surface area contributed by atoms with E-state index >= 15 is 0 Å². The smallest absolute Gasteiger partial charge is 0.326 e. The summed E-state index contributed by atoms with van der Waals surface area (Å²) in [6, 6.07) is 0. The number of amides is 2. The average molecular weight is 198 g/mol. The molecule has 1 heterocycles. The van der Waals surface area contributed by atoms with Crippen LogP contribution in [0.4, 0.5) is 0 Å². The van der Waals surface area contributed by atoms with Gasteiger partial charge in [0.1, 0.15) is 12.2 Å². The molecule has 0 spiro atoms. The zero-order valence-electron chi connectivity index (χ0n) is 7.53. The number of carbonyl (C=O) groups is 2. The second kappa shape index (κ2) is 3.36. The van der Waals surface area contributed by atoms with E-state index < -0.39 is 17.5 Å². The predicted molar refractivity (Wildman–Crippen MR) is 47.5 cm³/mol. The van der Waals surface area contributed by atoms with Gasteiger partial charge in [-0.05, 0) is 6.92 Å². The SMILES string of the molecule is Cc1[nH]c(=O)n(CC(N)=O)c1C(N)=O. The van der Waals surface area contributed by atoms with Crippen molar-refractivity contribution in [2.75, 3.05) is 0 Å². The van der Waals surface area contributed by atoms with Crippen molar-refractivity contribution in [3.05, 3.63) is 21.9 Å². The predicted octanol–water partition coefficient (Wildman–Crippen LogP) is -1.93. The summed E-state index contributed by atoms with van der Waals surface area (Å²) in [5.74, 6) is -1.49. The van der Waals surface area contributed by atoms with Crippen LogP contribution in [0.15, 0.2) is 4.79 Å². The van der Waals surface area contributed by atoms with Crippen LogP contribution in [0.2, 0.25) is 0 Å². The molecular weight excluding hydrogens is 188 g/mol. The number of aryl methyl sites for hydroxylation is 1. The summed E-state index contributed by atoms with van der Waals surface area (Å²) in [5.41, 5.74) is 9.67. The van der Waals surface area contributed by atoms with Gasteiger partial charge >= 0.3 is 5.69 Å². The van der Waals surface area contributed by atoms with Crippen LogP contribution in [0.25, 0.3) is 0 Å². The van der Waals surface area contributed by atoms with Crippen LogP contribution in [0.3, 0.4) is 0 Å². The average Bonchev–Trinajstić information content (AvgIpc) is 2.25. The Balaban J connectivity index is 3.32. The first kappa shape index (κ1) is 10.0. The van der Waals surface area contributed by atoms with E-state index in [1.807, 2.05) is 0 Å². The molecule has 0 aliphatic heterocycles. The molecule has 0 unspecified atom stereocenters. The number of aromatic nitrogens is 2. The summed E-state index contributed by atoms with van der Waals surface area (Å²) in [4.78, 5) is 35.1. The van der Waals surface area contributed by atoms with Crippen molar-refractivity contribution in [3.63, 3.8) is 0 Å². The maximum atomic E-state index is 11.2. The Kier molecular flexibility index (Phi) is 2.41. The van der Waals surface area contributed by atoms with Crippen molar-refractivity contribution in [2.24, 2.45) is 11.5 Å². The summed E-state index contributed by atoms with van der Waals surface area (Å²) < 4.78 is 0.917. The van der Waals surface area contributed by atoms with Gasteiger partial charge in [0.05, 0.1) is 0 Å². The maximum absolute atomic E-state index is 11.2. The minimum absolute atomic E-state index is 0.0196. The second-order valence-electron chi connectivity index (χ2n) is 2.82. The van der Waals surface area contributed by atoms with Crippen molar-refractivity contribution >= 4 is 11.8 Å². The van der Waals surface area contributed by atoms with Gasteiger partial charge in [-0.25, -0.2) is 4.79 Å². The Morgan fingerprint density at radius 1 is 1.43 bits per heavy atom. The van der Waals surface area contributed by atoms with E-state index in [0.717, 1.165) is 4.57 Å². The summed E-state index contributed by atoms with van der Waals surface area (Å²) in [7, 11) is 0. The highest BCUT2D eigenvalue weighted by atomic mass is 16.2. The molecule has 0 bridgehead atoms. The summed E-state index contributed by atoms with van der Waals surface area (Å²) >= 11 is 0. The molecule has 0 radical (unpaired) electrons. The summed E-state index contributed by atoms with van der Waals surface area (Å²) in [6.45, 7) is 1.15. The molecule has 7 heteroatoms. The fourth-order valence-corrected chi connectivity index (χ4v) is 1.22. The fraction of sp³-hybridized carbons (Fsp3) is 0.286. The van der Waals surface area contributed by atoms with E-state index in [2.05, 4.69) is 4.98 Å². The largest absolute Gasteiger partial charge is 0.368 e. The number of imidazole rings is 1. The number of nitrogens with one attached hydrogen (secondary N) is 1. The first-order chi connectivity index (χ1) is 6.43. The molecule has 0 atom stereocenters. The number of nitrogens with zero attached hydrogens (tertiary/aromatic N) is 1. The fourth-order valence-electron chi connectivity index (χ4n) is 1.22. The first-order valence-electron chi connectivity index (χ1n) is 3.81. The Morgan fingerprint density at radius 3 is 2.43 bits per heavy atom. The molecule has 76 valence electrons. The lowest BCUT2D eigenvalue weighted by Gasteiger charge is -2.01. The maximum Gasteiger partial charge on any atom is 0.326 e. The van der Waals surface area contributed by atoms with Crippen molar-refractivity contribution in [3.8, 4) is 0 Å². The monoisotopic (exact) mass is 198 g/mol. The van der Waals surface area contributed by atoms with Crippen LogP contribution in [0.1, 0.15) is 16.2 Å². The van der Waals surface area contributed by atoms with E-state index in [9.17, 15) is 14.4 Å². The highest BCUT2D eigenvalue weighted by Gasteiger charge is 2.16. The van der Waals surface area contributed by atoms with Gasteiger partial charge in [0.25, 0.3) is 5.91 Å². The second-order valence-corrected chi connectivity index (χ2v) is 2.82. The first-order valence-corrected chi connectivity index (χ1v) is 3.81. The third-order valence-electron chi connectivity index (χ3n) is 1.71. The van der Waals surface area contributed by atoms with E-state index in [-0.39, 0.29) is 12.2 Å². The van der Waals surface area contributed by atoms with E-state index in [1.54, 1.807) is 0 Å². The van der Waals surface area contributed by atoms with E-state index in [1.165, 1.54) is 6.92 Å². The third-order valence-corrected chi connectivity index (χ3v) is 1.71. The van der Waals surface area contributed by atoms with Crippen LogP contribution in [0.5, 0.6) is 0 Å². The lowest BCUT2D eigenvalue weighted by atomic mass is 10.3. The Morgan fingerprint density at radius 2 is 2.00 bits per heavy atom. The van der Waals surface area contributed by atoms with Gasteiger partial charge in [-0.15, -0.1) is 0 Å². The molecule has 1 rings (SSSR count). The number of hydrogen-bond donors (Lipinski definition) is 3. The Bertz CT molecular complexity index is 442. The van der Waals surface area contributed by atoms with Crippen LogP contribution >= 0.6 is 0 Å². The number of rotatable bonds is 3. The number of aromatic amines is 1. The number of primary amides is 2. The molecule has 14 heavy (non-hydrogen) atoms. The van der Waals surface area contributed by atoms with Gasteiger partial charge < -0.3 is 16.5 Å². The molecule has 0 aliphatic rings. The van der Waals surface area contributed by atoms with Crippen LogP contribution in [-0.4, -0.2) is 21.4 Å². The van der Waals surface area contributed by atoms with Gasteiger partial charge in [-0.2, -0.15) is 0 Å². The van der Waals surface area contributed by atoms with E-state index in [4.69, 9.17) is 11.5 Å². The molecule has 0 saturated carbocycles. The molecule has 7 nitrogen and oxygen atoms in total. The molecular formula is C7H10N4O3. The van der Waals surface area contributed by atoms with Crippen LogP contribution in [0, 0.1) is 6.92 Å². The normalized spacial score (nSPS) is 10.1. The molecule has 0 aliphatic carbocycles. The molecule has 0 fully saturated rings. The van der Waals surface area contributed by atoms with Gasteiger partial charge in [0.15, 0.2) is 0 Å². The van der Waals surface area contributed by atoms with Crippen molar-refractivity contribution in [2.45, 2.75) is 13.5 Å². The minimum Gasteiger partial charge on any atom is -0.368 e. The molecule has 2 amide bonds. The molecule has 1 aromatic heterocycles. The lowest BCUT2D eigenvalue weighted by molar-refractivity contribution is -0.118. The number of carbonyl (C=O) groups excluding carboxylic acids is 2. The van der Waals surface area contributed by atoms with Gasteiger partial charge in [0.2, 0.25) is 5.91 Å². The lowest BCUT2D eigenvalue weighted by Crippen LogP contribution is -2.30. The third kappa shape index (κ3) is 1.65. The van der Waals surface area contributed by atoms with Crippen LogP contribution < -0.4 is 17.2 Å². The van der Waals surface area contributed by atoms with Gasteiger partial charge in [-0.3, -0.25) is 14.2 Å². The molecule has 0 aromatic carbocycles. The van der Waals surface area contributed by atoms with Crippen LogP contribution in [-0.2, 0) is 11.3 Å². The standard InChI is InChI=1S/C7H10N4O3/c1-3-5(6(9)13)11(2-4(8)12)7(14)10-3/h2H2,1H3,(H2,8,12)(H2,9,13)(H,10,14). The highest BCUT2D eigenvalue weighted by Crippen LogP contribution is 2.00. The quantitative estimate of drug-likeness (QED) is 0.523. The highest BCUT2D eigenvalue weighted by molar-refractivity contribution is 5.92. The number of nitrogens with two attached hydrogens (primary N) is 2. The number of H-pyrrole nitrogens is 1. The topological polar surface area (TPSA) is 124 Å². The summed E-state index contributed by atoms with van der Waals surface area (Å²) in [6.07, 6.45) is 0. The van der Waals surface area contributed by atoms with Crippen molar-refractivity contribution < 1.29 is 9.59 Å². The van der Waals surface area contributed by atoms with Crippen molar-refractivity contribution in [1.29, 1.82) is 0 Å². The van der Waals surface area contributed by atoms with Crippen molar-refractivity contribution in [1.82, 2.24) is 9.55 Å². The number of hydrogen-bond acceptors (Lipinski definition) is 3. The molecule has 0 saturated heterocycles. The Labute approximate surface area is 78.7 Å². The minimum atomic E-state index is -0.776. The van der Waals surface area contributed by atoms with Gasteiger partial charge in [0, 0.05) is 5.69 Å². The zero-order valence-corrected chi connectivity index (χ0v) is 7.53. The van der Waals surface area contributed by atoms with E-state index in [0.29, 0.717) is 5.69 Å². The zero-order chi connectivity index (χ0) is 10.9. The molecule has 5 N–H and O–H groups in total.